The third kappa shape index (κ3) is 4.12. The van der Waals surface area contributed by atoms with E-state index in [4.69, 9.17) is 0 Å². The summed E-state index contributed by atoms with van der Waals surface area (Å²) >= 11 is 4.69. The number of rotatable bonds is 4. The topological polar surface area (TPSA) is 54.9 Å². The summed E-state index contributed by atoms with van der Waals surface area (Å²) in [5.41, 5.74) is 1.64. The van der Waals surface area contributed by atoms with Gasteiger partial charge in [-0.15, -0.1) is 10.2 Å². The Hall–Kier alpha value is -2.31. The van der Waals surface area contributed by atoms with Gasteiger partial charge in [0.25, 0.3) is 5.91 Å². The van der Waals surface area contributed by atoms with E-state index >= 15 is 0 Å². The second-order valence-corrected chi connectivity index (χ2v) is 6.49. The number of hydrogen-bond acceptors (Lipinski definition) is 4. The van der Waals surface area contributed by atoms with Crippen molar-refractivity contribution in [3.63, 3.8) is 0 Å². The normalized spacial score (nSPS) is 10.8. The first-order valence-corrected chi connectivity index (χ1v) is 8.46. The van der Waals surface area contributed by atoms with Crippen LogP contribution >= 0.6 is 27.3 Å². The van der Waals surface area contributed by atoms with Crippen LogP contribution in [0.4, 0.5) is 5.13 Å². The van der Waals surface area contributed by atoms with Gasteiger partial charge < -0.3 is 0 Å². The third-order valence-electron chi connectivity index (χ3n) is 3.00. The first-order valence-electron chi connectivity index (χ1n) is 6.85. The molecule has 2 aromatic carbocycles. The van der Waals surface area contributed by atoms with Crippen LogP contribution in [0, 0.1) is 0 Å². The van der Waals surface area contributed by atoms with Crippen LogP contribution in [0.2, 0.25) is 0 Å². The van der Waals surface area contributed by atoms with Gasteiger partial charge in [0.15, 0.2) is 0 Å². The molecule has 1 aromatic heterocycles. The molecule has 1 N–H and O–H groups in total. The molecule has 0 saturated heterocycles. The highest BCUT2D eigenvalue weighted by Crippen LogP contribution is 2.21. The van der Waals surface area contributed by atoms with Crippen LogP contribution in [0.15, 0.2) is 59.1 Å². The van der Waals surface area contributed by atoms with E-state index < -0.39 is 0 Å². The second kappa shape index (κ2) is 7.30. The lowest BCUT2D eigenvalue weighted by Crippen LogP contribution is -2.12. The van der Waals surface area contributed by atoms with Crippen LogP contribution in [0.5, 0.6) is 0 Å². The molecule has 6 heteroatoms. The fourth-order valence-electron chi connectivity index (χ4n) is 1.89. The summed E-state index contributed by atoms with van der Waals surface area (Å²) in [5.74, 6) is -0.216. The molecule has 0 aliphatic rings. The Labute approximate surface area is 146 Å². The van der Waals surface area contributed by atoms with Crippen LogP contribution in [0.25, 0.3) is 12.2 Å². The van der Waals surface area contributed by atoms with Gasteiger partial charge in [0.05, 0.1) is 5.56 Å². The van der Waals surface area contributed by atoms with Crippen molar-refractivity contribution in [2.75, 3.05) is 5.32 Å². The Balaban J connectivity index is 1.69. The minimum atomic E-state index is -0.216. The molecule has 0 spiro atoms. The van der Waals surface area contributed by atoms with Crippen molar-refractivity contribution in [3.8, 4) is 0 Å². The fraction of sp³-hybridized carbons (Fsp3) is 0. The van der Waals surface area contributed by atoms with Gasteiger partial charge in [0.1, 0.15) is 5.01 Å². The molecule has 0 saturated carbocycles. The number of aromatic nitrogens is 2. The standard InChI is InChI=1S/C17H12BrN3OS/c18-14-9-5-4-8-13(14)16(22)19-17-21-20-15(23-17)11-10-12-6-2-1-3-7-12/h1-11H,(H,19,21,22). The number of nitrogens with zero attached hydrogens (tertiary/aromatic N) is 2. The van der Waals surface area contributed by atoms with Crippen molar-refractivity contribution in [1.82, 2.24) is 10.2 Å². The number of amides is 1. The van der Waals surface area contributed by atoms with E-state index in [2.05, 4.69) is 31.4 Å². The number of anilines is 1. The molecule has 0 aliphatic heterocycles. The molecule has 114 valence electrons. The second-order valence-electron chi connectivity index (χ2n) is 4.62. The third-order valence-corrected chi connectivity index (χ3v) is 4.49. The molecule has 23 heavy (non-hydrogen) atoms. The molecule has 3 rings (SSSR count). The van der Waals surface area contributed by atoms with Crippen molar-refractivity contribution in [2.24, 2.45) is 0 Å². The lowest BCUT2D eigenvalue weighted by Gasteiger charge is -2.02. The van der Waals surface area contributed by atoms with Gasteiger partial charge in [-0.3, -0.25) is 10.1 Å². The summed E-state index contributed by atoms with van der Waals surface area (Å²) < 4.78 is 0.742. The molecule has 0 fully saturated rings. The van der Waals surface area contributed by atoms with E-state index in [0.717, 1.165) is 15.0 Å². The van der Waals surface area contributed by atoms with Crippen molar-refractivity contribution in [1.29, 1.82) is 0 Å². The highest BCUT2D eigenvalue weighted by atomic mass is 79.9. The smallest absolute Gasteiger partial charge is 0.258 e. The zero-order valence-electron chi connectivity index (χ0n) is 11.9. The monoisotopic (exact) mass is 385 g/mol. The lowest BCUT2D eigenvalue weighted by molar-refractivity contribution is 0.102. The number of nitrogens with one attached hydrogen (secondary N) is 1. The molecule has 0 radical (unpaired) electrons. The van der Waals surface area contributed by atoms with Gasteiger partial charge >= 0.3 is 0 Å². The summed E-state index contributed by atoms with van der Waals surface area (Å²) in [6.07, 6.45) is 3.83. The molecular weight excluding hydrogens is 374 g/mol. The zero-order chi connectivity index (χ0) is 16.1. The predicted molar refractivity (Wildman–Crippen MR) is 97.4 cm³/mol. The van der Waals surface area contributed by atoms with Crippen LogP contribution in [0.3, 0.4) is 0 Å². The first kappa shape index (κ1) is 15.6. The van der Waals surface area contributed by atoms with Gasteiger partial charge in [0.2, 0.25) is 5.13 Å². The molecular formula is C17H12BrN3OS. The van der Waals surface area contributed by atoms with Crippen molar-refractivity contribution in [3.05, 3.63) is 75.2 Å². The van der Waals surface area contributed by atoms with Crippen LogP contribution < -0.4 is 5.32 Å². The maximum Gasteiger partial charge on any atom is 0.258 e. The van der Waals surface area contributed by atoms with E-state index in [-0.39, 0.29) is 5.91 Å². The summed E-state index contributed by atoms with van der Waals surface area (Å²) in [6.45, 7) is 0. The highest BCUT2D eigenvalue weighted by molar-refractivity contribution is 9.10. The van der Waals surface area contributed by atoms with Gasteiger partial charge in [-0.2, -0.15) is 0 Å². The van der Waals surface area contributed by atoms with E-state index in [1.54, 1.807) is 6.07 Å². The summed E-state index contributed by atoms with van der Waals surface area (Å²) in [7, 11) is 0. The molecule has 3 aromatic rings. The van der Waals surface area contributed by atoms with Gasteiger partial charge in [0, 0.05) is 4.47 Å². The molecule has 1 amide bonds. The molecule has 0 atom stereocenters. The summed E-state index contributed by atoms with van der Waals surface area (Å²) in [5, 5.41) is 12.0. The van der Waals surface area contributed by atoms with Crippen LogP contribution in [-0.2, 0) is 0 Å². The molecule has 0 bridgehead atoms. The van der Waals surface area contributed by atoms with Crippen molar-refractivity contribution >= 4 is 50.5 Å². The minimum Gasteiger partial charge on any atom is -0.296 e. The largest absolute Gasteiger partial charge is 0.296 e. The zero-order valence-corrected chi connectivity index (χ0v) is 14.3. The average molecular weight is 386 g/mol. The predicted octanol–water partition coefficient (Wildman–Crippen LogP) is 4.72. The van der Waals surface area contributed by atoms with Gasteiger partial charge in [-0.1, -0.05) is 59.9 Å². The van der Waals surface area contributed by atoms with E-state index in [9.17, 15) is 4.79 Å². The number of carbonyl (C=O) groups excluding carboxylic acids is 1. The fourth-order valence-corrected chi connectivity index (χ4v) is 3.00. The lowest BCUT2D eigenvalue weighted by atomic mass is 10.2. The Morgan fingerprint density at radius 2 is 1.74 bits per heavy atom. The van der Waals surface area contributed by atoms with E-state index in [1.165, 1.54) is 11.3 Å². The number of halogens is 1. The van der Waals surface area contributed by atoms with Crippen LogP contribution in [0.1, 0.15) is 20.9 Å². The molecule has 4 nitrogen and oxygen atoms in total. The SMILES string of the molecule is O=C(Nc1nnc(C=Cc2ccccc2)s1)c1ccccc1Br. The number of carbonyl (C=O) groups is 1. The quantitative estimate of drug-likeness (QED) is 0.706. The first-order chi connectivity index (χ1) is 11.2. The Morgan fingerprint density at radius 1 is 1.00 bits per heavy atom. The summed E-state index contributed by atoms with van der Waals surface area (Å²) in [4.78, 5) is 12.2. The minimum absolute atomic E-state index is 0.216. The highest BCUT2D eigenvalue weighted by Gasteiger charge is 2.11. The maximum atomic E-state index is 12.2. The van der Waals surface area contributed by atoms with Crippen LogP contribution in [-0.4, -0.2) is 16.1 Å². The molecule has 0 aliphatic carbocycles. The van der Waals surface area contributed by atoms with Crippen molar-refractivity contribution < 1.29 is 4.79 Å². The van der Waals surface area contributed by atoms with E-state index in [1.807, 2.05) is 60.7 Å². The maximum absolute atomic E-state index is 12.2. The number of hydrogen-bond donors (Lipinski definition) is 1. The Morgan fingerprint density at radius 3 is 2.52 bits per heavy atom. The van der Waals surface area contributed by atoms with E-state index in [0.29, 0.717) is 10.7 Å². The Bertz CT molecular complexity index is 846. The molecule has 0 unspecified atom stereocenters. The number of benzene rings is 2. The summed E-state index contributed by atoms with van der Waals surface area (Å²) in [6, 6.07) is 17.2. The van der Waals surface area contributed by atoms with Gasteiger partial charge in [-0.25, -0.2) is 0 Å². The van der Waals surface area contributed by atoms with Gasteiger partial charge in [-0.05, 0) is 39.7 Å². The van der Waals surface area contributed by atoms with Crippen molar-refractivity contribution in [2.45, 2.75) is 0 Å². The average Bonchev–Trinajstić information content (AvgIpc) is 3.02. The molecule has 1 heterocycles. The Kier molecular flexibility index (Phi) is 4.95.